The summed E-state index contributed by atoms with van der Waals surface area (Å²) in [4.78, 5) is 29.1. The van der Waals surface area contributed by atoms with Gasteiger partial charge in [-0.1, -0.05) is 96.6 Å². The molecule has 0 aliphatic heterocycles. The van der Waals surface area contributed by atoms with Gasteiger partial charge in [-0.05, 0) is 47.4 Å². The molecule has 2 amide bonds. The Kier molecular flexibility index (Phi) is 11.8. The average Bonchev–Trinajstić information content (AvgIpc) is 2.91. The summed E-state index contributed by atoms with van der Waals surface area (Å²) in [6.45, 7) is 3.72. The largest absolute Gasteiger partial charge is 0.354 e. The van der Waals surface area contributed by atoms with E-state index in [9.17, 15) is 18.0 Å². The van der Waals surface area contributed by atoms with E-state index in [-0.39, 0.29) is 45.5 Å². The zero-order valence-corrected chi connectivity index (χ0v) is 26.6. The maximum absolute atomic E-state index is 14.1. The van der Waals surface area contributed by atoms with Crippen LogP contribution in [0, 0.1) is 5.92 Å². The Bertz CT molecular complexity index is 1490. The first-order valence-electron chi connectivity index (χ1n) is 12.7. The van der Waals surface area contributed by atoms with Gasteiger partial charge in [0, 0.05) is 19.5 Å². The smallest absolute Gasteiger partial charge is 0.244 e. The summed E-state index contributed by atoms with van der Waals surface area (Å²) in [6, 6.07) is 17.5. The van der Waals surface area contributed by atoms with Gasteiger partial charge < -0.3 is 10.2 Å². The molecule has 0 bridgehead atoms. The summed E-state index contributed by atoms with van der Waals surface area (Å²) in [7, 11) is -3.94. The van der Waals surface area contributed by atoms with E-state index in [0.29, 0.717) is 17.1 Å². The highest BCUT2D eigenvalue weighted by Gasteiger charge is 2.33. The Morgan fingerprint density at radius 1 is 0.829 bits per heavy atom. The molecule has 0 saturated heterocycles. The molecule has 7 nitrogen and oxygen atoms in total. The Balaban J connectivity index is 2.07. The van der Waals surface area contributed by atoms with Crippen molar-refractivity contribution in [3.05, 3.63) is 97.9 Å². The lowest BCUT2D eigenvalue weighted by Crippen LogP contribution is -2.53. The molecule has 41 heavy (non-hydrogen) atoms. The zero-order chi connectivity index (χ0) is 30.3. The van der Waals surface area contributed by atoms with Crippen molar-refractivity contribution in [1.29, 1.82) is 0 Å². The second-order valence-corrected chi connectivity index (χ2v) is 13.5. The number of carbonyl (C=O) groups is 2. The van der Waals surface area contributed by atoms with E-state index in [1.165, 1.54) is 23.1 Å². The van der Waals surface area contributed by atoms with Crippen LogP contribution in [0.3, 0.4) is 0 Å². The number of carbonyl (C=O) groups excluding carboxylic acids is 2. The lowest BCUT2D eigenvalue weighted by atomic mass is 10.0. The third-order valence-electron chi connectivity index (χ3n) is 6.16. The molecule has 0 aliphatic rings. The van der Waals surface area contributed by atoms with Crippen LogP contribution in [0.4, 0.5) is 5.69 Å². The molecular formula is C29H31Cl4N3O4S. The number of nitrogens with zero attached hydrogens (tertiary/aromatic N) is 2. The molecule has 0 aromatic heterocycles. The summed E-state index contributed by atoms with van der Waals surface area (Å²) in [5.74, 6) is -0.796. The Morgan fingerprint density at radius 2 is 1.44 bits per heavy atom. The van der Waals surface area contributed by atoms with Gasteiger partial charge in [0.15, 0.2) is 0 Å². The van der Waals surface area contributed by atoms with Gasteiger partial charge in [0.05, 0.1) is 32.0 Å². The predicted molar refractivity (Wildman–Crippen MR) is 167 cm³/mol. The minimum absolute atomic E-state index is 0.0265. The number of anilines is 1. The predicted octanol–water partition coefficient (Wildman–Crippen LogP) is 6.48. The molecule has 3 aromatic rings. The highest BCUT2D eigenvalue weighted by Crippen LogP contribution is 2.29. The number of nitrogens with one attached hydrogen (secondary N) is 1. The van der Waals surface area contributed by atoms with Crippen molar-refractivity contribution in [2.75, 3.05) is 23.7 Å². The molecule has 1 atom stereocenters. The number of benzene rings is 3. The second-order valence-electron chi connectivity index (χ2n) is 9.98. The Labute approximate surface area is 261 Å². The van der Waals surface area contributed by atoms with Gasteiger partial charge in [-0.2, -0.15) is 0 Å². The Morgan fingerprint density at radius 3 is 2.00 bits per heavy atom. The fraction of sp³-hybridized carbons (Fsp3) is 0.310. The summed E-state index contributed by atoms with van der Waals surface area (Å²) >= 11 is 24.6. The van der Waals surface area contributed by atoms with Gasteiger partial charge in [0.25, 0.3) is 0 Å². The van der Waals surface area contributed by atoms with Crippen LogP contribution in [0.15, 0.2) is 66.7 Å². The lowest BCUT2D eigenvalue weighted by Gasteiger charge is -2.33. The van der Waals surface area contributed by atoms with Gasteiger partial charge in [-0.15, -0.1) is 0 Å². The van der Waals surface area contributed by atoms with Crippen molar-refractivity contribution < 1.29 is 18.0 Å². The molecule has 0 radical (unpaired) electrons. The van der Waals surface area contributed by atoms with Gasteiger partial charge in [0.1, 0.15) is 12.6 Å². The minimum Gasteiger partial charge on any atom is -0.354 e. The molecular weight excluding hydrogens is 628 g/mol. The molecule has 0 spiro atoms. The third-order valence-corrected chi connectivity index (χ3v) is 8.78. The first kappa shape index (κ1) is 33.0. The molecule has 0 aliphatic carbocycles. The first-order valence-corrected chi connectivity index (χ1v) is 16.1. The summed E-state index contributed by atoms with van der Waals surface area (Å²) < 4.78 is 26.7. The quantitative estimate of drug-likeness (QED) is 0.241. The molecule has 12 heteroatoms. The maximum atomic E-state index is 14.1. The van der Waals surface area contributed by atoms with Crippen LogP contribution in [-0.4, -0.2) is 50.5 Å². The van der Waals surface area contributed by atoms with E-state index in [1.54, 1.807) is 18.2 Å². The SMILES string of the molecule is CC(C)CNC(=O)C(Cc1ccccc1)N(Cc1ccc(Cl)c(Cl)c1)C(=O)CN(c1ccc(Cl)c(Cl)c1)S(C)(=O)=O. The van der Waals surface area contributed by atoms with Gasteiger partial charge in [-0.25, -0.2) is 8.42 Å². The molecule has 3 rings (SSSR count). The van der Waals surface area contributed by atoms with Crippen LogP contribution >= 0.6 is 46.4 Å². The molecule has 0 heterocycles. The monoisotopic (exact) mass is 657 g/mol. The van der Waals surface area contributed by atoms with E-state index in [1.807, 2.05) is 44.2 Å². The standard InChI is InChI=1S/C29H31Cl4N3O4S/c1-19(2)16-34-29(38)27(14-20-7-5-4-6-8-20)35(17-21-9-11-23(30)25(32)13-21)28(37)18-36(41(3,39)40)22-10-12-24(31)26(33)15-22/h4-13,15,19,27H,14,16-18H2,1-3H3,(H,34,38). The van der Waals surface area contributed by atoms with Gasteiger partial charge in [0.2, 0.25) is 21.8 Å². The number of hydrogen-bond donors (Lipinski definition) is 1. The van der Waals surface area contributed by atoms with Crippen LogP contribution in [0.2, 0.25) is 20.1 Å². The van der Waals surface area contributed by atoms with Gasteiger partial charge in [-0.3, -0.25) is 13.9 Å². The fourth-order valence-electron chi connectivity index (χ4n) is 4.07. The second kappa shape index (κ2) is 14.6. The molecule has 1 unspecified atom stereocenters. The summed E-state index contributed by atoms with van der Waals surface area (Å²) in [6.07, 6.45) is 1.19. The number of hydrogen-bond acceptors (Lipinski definition) is 4. The molecule has 0 saturated carbocycles. The van der Waals surface area contributed by atoms with E-state index in [4.69, 9.17) is 46.4 Å². The van der Waals surface area contributed by atoms with Gasteiger partial charge >= 0.3 is 0 Å². The topological polar surface area (TPSA) is 86.8 Å². The van der Waals surface area contributed by atoms with Crippen molar-refractivity contribution in [2.45, 2.75) is 32.9 Å². The minimum atomic E-state index is -3.94. The molecule has 1 N–H and O–H groups in total. The van der Waals surface area contributed by atoms with Crippen LogP contribution < -0.4 is 9.62 Å². The van der Waals surface area contributed by atoms with E-state index >= 15 is 0 Å². The van der Waals surface area contributed by atoms with Crippen LogP contribution in [0.1, 0.15) is 25.0 Å². The summed E-state index contributed by atoms with van der Waals surface area (Å²) in [5, 5.41) is 3.92. The fourth-order valence-corrected chi connectivity index (χ4v) is 5.52. The van der Waals surface area contributed by atoms with E-state index in [0.717, 1.165) is 16.1 Å². The number of amides is 2. The van der Waals surface area contributed by atoms with Crippen molar-refractivity contribution in [3.63, 3.8) is 0 Å². The van der Waals surface area contributed by atoms with Crippen LogP contribution in [0.25, 0.3) is 0 Å². The van der Waals surface area contributed by atoms with E-state index in [2.05, 4.69) is 5.32 Å². The average molecular weight is 659 g/mol. The number of halogens is 4. The van der Waals surface area contributed by atoms with Crippen LogP contribution in [-0.2, 0) is 32.6 Å². The highest BCUT2D eigenvalue weighted by atomic mass is 35.5. The van der Waals surface area contributed by atoms with Crippen molar-refractivity contribution >= 4 is 73.9 Å². The first-order chi connectivity index (χ1) is 19.3. The van der Waals surface area contributed by atoms with Crippen molar-refractivity contribution in [2.24, 2.45) is 5.92 Å². The third kappa shape index (κ3) is 9.51. The normalized spacial score (nSPS) is 12.2. The lowest BCUT2D eigenvalue weighted by molar-refractivity contribution is -0.140. The highest BCUT2D eigenvalue weighted by molar-refractivity contribution is 7.92. The number of rotatable bonds is 12. The zero-order valence-electron chi connectivity index (χ0n) is 22.8. The number of sulfonamides is 1. The van der Waals surface area contributed by atoms with E-state index < -0.39 is 28.5 Å². The summed E-state index contributed by atoms with van der Waals surface area (Å²) in [5.41, 5.74) is 1.60. The van der Waals surface area contributed by atoms with Crippen molar-refractivity contribution in [3.8, 4) is 0 Å². The van der Waals surface area contributed by atoms with Crippen LogP contribution in [0.5, 0.6) is 0 Å². The van der Waals surface area contributed by atoms with Crippen molar-refractivity contribution in [1.82, 2.24) is 10.2 Å². The Hall–Kier alpha value is -2.49. The molecule has 220 valence electrons. The molecule has 0 fully saturated rings. The molecule has 3 aromatic carbocycles. The maximum Gasteiger partial charge on any atom is 0.244 e.